The van der Waals surface area contributed by atoms with E-state index in [1.54, 1.807) is 0 Å². The minimum absolute atomic E-state index is 0.431. The van der Waals surface area contributed by atoms with Crippen LogP contribution in [0.25, 0.3) is 0 Å². The minimum Gasteiger partial charge on any atom is -0.309 e. The first-order chi connectivity index (χ1) is 9.51. The highest BCUT2D eigenvalue weighted by Gasteiger charge is 2.16. The summed E-state index contributed by atoms with van der Waals surface area (Å²) < 4.78 is 0. The fraction of sp³-hybridized carbons (Fsp3) is 0.444. The number of benzene rings is 1. The minimum atomic E-state index is 0.431. The summed E-state index contributed by atoms with van der Waals surface area (Å²) in [7, 11) is 0. The first kappa shape index (κ1) is 15.3. The van der Waals surface area contributed by atoms with Crippen LogP contribution in [0.2, 0.25) is 0 Å². The molecule has 1 heterocycles. The van der Waals surface area contributed by atoms with E-state index in [0.717, 1.165) is 13.0 Å². The van der Waals surface area contributed by atoms with Crippen LogP contribution in [0.1, 0.15) is 45.0 Å². The van der Waals surface area contributed by atoms with Gasteiger partial charge in [0.15, 0.2) is 0 Å². The van der Waals surface area contributed by atoms with Crippen molar-refractivity contribution in [1.29, 1.82) is 0 Å². The van der Waals surface area contributed by atoms with Crippen molar-refractivity contribution in [2.45, 2.75) is 47.1 Å². The molecule has 1 nitrogen and oxygen atoms in total. The Labute approximate surface area is 127 Å². The lowest BCUT2D eigenvalue weighted by Crippen LogP contribution is -2.22. The highest BCUT2D eigenvalue weighted by Crippen LogP contribution is 2.30. The molecule has 2 aromatic rings. The van der Waals surface area contributed by atoms with Crippen molar-refractivity contribution in [3.8, 4) is 0 Å². The second-order valence-electron chi connectivity index (χ2n) is 5.64. The summed E-state index contributed by atoms with van der Waals surface area (Å²) >= 11 is 1.93. The quantitative estimate of drug-likeness (QED) is 0.827. The van der Waals surface area contributed by atoms with Crippen molar-refractivity contribution in [2.24, 2.45) is 0 Å². The fourth-order valence-corrected chi connectivity index (χ4v) is 3.79. The topological polar surface area (TPSA) is 12.0 Å². The molecule has 0 amide bonds. The van der Waals surface area contributed by atoms with Gasteiger partial charge in [-0.1, -0.05) is 25.1 Å². The number of aryl methyl sites for hydroxylation is 4. The smallest absolute Gasteiger partial charge is 0.0458 e. The molecule has 1 N–H and O–H groups in total. The van der Waals surface area contributed by atoms with Crippen LogP contribution >= 0.6 is 11.3 Å². The zero-order valence-electron chi connectivity index (χ0n) is 13.2. The maximum absolute atomic E-state index is 3.65. The summed E-state index contributed by atoms with van der Waals surface area (Å²) in [6.07, 6.45) is 1.07. The standard InChI is InChI=1S/C18H25NS/c1-6-19-17(18-14(4)9-15(5)20-18)11-16-8-7-12(2)13(3)10-16/h7-10,17,19H,6,11H2,1-5H3. The van der Waals surface area contributed by atoms with Gasteiger partial charge in [-0.25, -0.2) is 0 Å². The molecule has 0 aliphatic rings. The van der Waals surface area contributed by atoms with E-state index in [0.29, 0.717) is 6.04 Å². The summed E-state index contributed by atoms with van der Waals surface area (Å²) in [6.45, 7) is 12.0. The third-order valence-electron chi connectivity index (χ3n) is 3.86. The van der Waals surface area contributed by atoms with Gasteiger partial charge in [0.05, 0.1) is 0 Å². The van der Waals surface area contributed by atoms with Gasteiger partial charge >= 0.3 is 0 Å². The maximum Gasteiger partial charge on any atom is 0.0458 e. The number of thiophene rings is 1. The van der Waals surface area contributed by atoms with Gasteiger partial charge in [0.2, 0.25) is 0 Å². The number of hydrogen-bond acceptors (Lipinski definition) is 2. The second kappa shape index (κ2) is 6.55. The van der Waals surface area contributed by atoms with Crippen molar-refractivity contribution in [3.63, 3.8) is 0 Å². The number of hydrogen-bond donors (Lipinski definition) is 1. The Bertz CT molecular complexity index is 583. The van der Waals surface area contributed by atoms with Gasteiger partial charge in [0, 0.05) is 15.8 Å². The molecule has 0 fully saturated rings. The molecule has 0 saturated heterocycles. The molecule has 0 saturated carbocycles. The average Bonchev–Trinajstić information content (AvgIpc) is 2.72. The first-order valence-corrected chi connectivity index (χ1v) is 8.19. The van der Waals surface area contributed by atoms with Crippen LogP contribution in [0, 0.1) is 27.7 Å². The van der Waals surface area contributed by atoms with E-state index in [-0.39, 0.29) is 0 Å². The van der Waals surface area contributed by atoms with E-state index in [1.807, 2.05) is 11.3 Å². The molecule has 0 radical (unpaired) electrons. The molecular weight excluding hydrogens is 262 g/mol. The van der Waals surface area contributed by atoms with Gasteiger partial charge in [-0.2, -0.15) is 0 Å². The lowest BCUT2D eigenvalue weighted by molar-refractivity contribution is 0.556. The Balaban J connectivity index is 2.25. The first-order valence-electron chi connectivity index (χ1n) is 7.37. The van der Waals surface area contributed by atoms with Gasteiger partial charge in [0.1, 0.15) is 0 Å². The number of nitrogens with one attached hydrogen (secondary N) is 1. The molecule has 1 unspecified atom stereocenters. The third-order valence-corrected chi connectivity index (χ3v) is 5.12. The van der Waals surface area contributed by atoms with Gasteiger partial charge in [-0.05, 0) is 69.0 Å². The van der Waals surface area contributed by atoms with Crippen LogP contribution in [0.3, 0.4) is 0 Å². The Morgan fingerprint density at radius 2 is 1.75 bits per heavy atom. The Hall–Kier alpha value is -1.12. The molecule has 2 heteroatoms. The van der Waals surface area contributed by atoms with Crippen molar-refractivity contribution in [3.05, 3.63) is 56.3 Å². The molecule has 2 rings (SSSR count). The SMILES string of the molecule is CCNC(Cc1ccc(C)c(C)c1)c1sc(C)cc1C. The van der Waals surface area contributed by atoms with E-state index in [4.69, 9.17) is 0 Å². The Morgan fingerprint density at radius 1 is 1.00 bits per heavy atom. The van der Waals surface area contributed by atoms with Crippen molar-refractivity contribution >= 4 is 11.3 Å². The van der Waals surface area contributed by atoms with Crippen LogP contribution in [-0.2, 0) is 6.42 Å². The third kappa shape index (κ3) is 3.50. The lowest BCUT2D eigenvalue weighted by atomic mass is 9.99. The van der Waals surface area contributed by atoms with Gasteiger partial charge in [-0.15, -0.1) is 11.3 Å². The van der Waals surface area contributed by atoms with Crippen molar-refractivity contribution in [2.75, 3.05) is 6.54 Å². The molecule has 20 heavy (non-hydrogen) atoms. The summed E-state index contributed by atoms with van der Waals surface area (Å²) in [6, 6.07) is 9.56. The Kier molecular flexibility index (Phi) is 5.00. The van der Waals surface area contributed by atoms with Gasteiger partial charge in [0.25, 0.3) is 0 Å². The average molecular weight is 287 g/mol. The molecule has 0 spiro atoms. The lowest BCUT2D eigenvalue weighted by Gasteiger charge is -2.18. The summed E-state index contributed by atoms with van der Waals surface area (Å²) in [5.74, 6) is 0. The zero-order valence-corrected chi connectivity index (χ0v) is 14.0. The van der Waals surface area contributed by atoms with Gasteiger partial charge in [-0.3, -0.25) is 0 Å². The largest absolute Gasteiger partial charge is 0.309 e. The molecule has 1 aromatic carbocycles. The summed E-state index contributed by atoms with van der Waals surface area (Å²) in [5.41, 5.74) is 5.60. The maximum atomic E-state index is 3.65. The monoisotopic (exact) mass is 287 g/mol. The molecule has 1 atom stereocenters. The summed E-state index contributed by atoms with van der Waals surface area (Å²) in [4.78, 5) is 2.89. The predicted octanol–water partition coefficient (Wildman–Crippen LogP) is 4.88. The number of likely N-dealkylation sites (N-methyl/N-ethyl adjacent to an activating group) is 1. The highest BCUT2D eigenvalue weighted by atomic mass is 32.1. The molecule has 0 bridgehead atoms. The zero-order chi connectivity index (χ0) is 14.7. The van der Waals surface area contributed by atoms with Crippen LogP contribution in [-0.4, -0.2) is 6.54 Å². The van der Waals surface area contributed by atoms with Crippen LogP contribution in [0.15, 0.2) is 24.3 Å². The van der Waals surface area contributed by atoms with E-state index >= 15 is 0 Å². The van der Waals surface area contributed by atoms with Crippen LogP contribution in [0.5, 0.6) is 0 Å². The normalized spacial score (nSPS) is 12.7. The van der Waals surface area contributed by atoms with E-state index in [9.17, 15) is 0 Å². The highest BCUT2D eigenvalue weighted by molar-refractivity contribution is 7.12. The summed E-state index contributed by atoms with van der Waals surface area (Å²) in [5, 5.41) is 3.65. The van der Waals surface area contributed by atoms with E-state index < -0.39 is 0 Å². The van der Waals surface area contributed by atoms with Crippen LogP contribution in [0.4, 0.5) is 0 Å². The van der Waals surface area contributed by atoms with E-state index in [2.05, 4.69) is 64.2 Å². The van der Waals surface area contributed by atoms with Gasteiger partial charge < -0.3 is 5.32 Å². The Morgan fingerprint density at radius 3 is 2.30 bits per heavy atom. The van der Waals surface area contributed by atoms with Crippen molar-refractivity contribution in [1.82, 2.24) is 5.32 Å². The van der Waals surface area contributed by atoms with Crippen LogP contribution < -0.4 is 5.32 Å². The molecule has 0 aliphatic carbocycles. The predicted molar refractivity (Wildman–Crippen MR) is 89.8 cm³/mol. The molecule has 1 aromatic heterocycles. The van der Waals surface area contributed by atoms with E-state index in [1.165, 1.54) is 32.0 Å². The molecule has 0 aliphatic heterocycles. The fourth-order valence-electron chi connectivity index (χ4n) is 2.68. The molecule has 108 valence electrons. The second-order valence-corrected chi connectivity index (χ2v) is 6.93. The number of rotatable bonds is 5. The van der Waals surface area contributed by atoms with Crippen molar-refractivity contribution < 1.29 is 0 Å². The molecular formula is C18H25NS.